The Morgan fingerprint density at radius 2 is 2.07 bits per heavy atom. The second-order valence-corrected chi connectivity index (χ2v) is 4.08. The number of Topliss-reactive ketones (excluding diaryl/α,β-unsaturated/α-hetero) is 1. The standard InChI is InChI=1S/C11H18N2O/c1-13(9-11(14)7-8-12)10-5-3-2-4-6-10/h10H,2-7,9H2,1H3. The normalized spacial score (nSPS) is 18.1. The molecule has 3 heteroatoms. The predicted molar refractivity (Wildman–Crippen MR) is 54.7 cm³/mol. The van der Waals surface area contributed by atoms with E-state index in [-0.39, 0.29) is 12.2 Å². The lowest BCUT2D eigenvalue weighted by Gasteiger charge is -2.30. The van der Waals surface area contributed by atoms with E-state index >= 15 is 0 Å². The number of ketones is 1. The van der Waals surface area contributed by atoms with Gasteiger partial charge in [-0.25, -0.2) is 0 Å². The second kappa shape index (κ2) is 5.77. The molecule has 0 aromatic rings. The first-order chi connectivity index (χ1) is 6.74. The molecule has 1 aliphatic rings. The van der Waals surface area contributed by atoms with Crippen molar-refractivity contribution in [1.82, 2.24) is 4.90 Å². The number of rotatable bonds is 4. The van der Waals surface area contributed by atoms with Crippen LogP contribution >= 0.6 is 0 Å². The molecule has 1 rings (SSSR count). The molecule has 1 saturated carbocycles. The van der Waals surface area contributed by atoms with Gasteiger partial charge in [0.05, 0.1) is 19.0 Å². The summed E-state index contributed by atoms with van der Waals surface area (Å²) in [5.41, 5.74) is 0. The average Bonchev–Trinajstić information content (AvgIpc) is 2.19. The highest BCUT2D eigenvalue weighted by molar-refractivity contribution is 5.82. The van der Waals surface area contributed by atoms with E-state index in [1.54, 1.807) is 0 Å². The van der Waals surface area contributed by atoms with Crippen molar-refractivity contribution in [3.05, 3.63) is 0 Å². The van der Waals surface area contributed by atoms with Gasteiger partial charge in [-0.05, 0) is 19.9 Å². The fraction of sp³-hybridized carbons (Fsp3) is 0.818. The molecule has 0 unspecified atom stereocenters. The van der Waals surface area contributed by atoms with Crippen LogP contribution in [0.2, 0.25) is 0 Å². The van der Waals surface area contributed by atoms with Crippen LogP contribution in [0.3, 0.4) is 0 Å². The lowest BCUT2D eigenvalue weighted by molar-refractivity contribution is -0.119. The predicted octanol–water partition coefficient (Wildman–Crippen LogP) is 1.73. The molecule has 1 fully saturated rings. The number of carbonyl (C=O) groups excluding carboxylic acids is 1. The summed E-state index contributed by atoms with van der Waals surface area (Å²) in [6, 6.07) is 2.46. The fourth-order valence-electron chi connectivity index (χ4n) is 2.07. The Hall–Kier alpha value is -0.880. The molecule has 0 bridgehead atoms. The molecule has 0 radical (unpaired) electrons. The minimum absolute atomic E-state index is 0.0422. The van der Waals surface area contributed by atoms with Crippen LogP contribution in [-0.2, 0) is 4.79 Å². The quantitative estimate of drug-likeness (QED) is 0.684. The van der Waals surface area contributed by atoms with E-state index in [1.807, 2.05) is 13.1 Å². The van der Waals surface area contributed by atoms with Gasteiger partial charge in [0.1, 0.15) is 0 Å². The Bertz CT molecular complexity index is 226. The van der Waals surface area contributed by atoms with E-state index in [4.69, 9.17) is 5.26 Å². The highest BCUT2D eigenvalue weighted by Gasteiger charge is 2.19. The van der Waals surface area contributed by atoms with Crippen molar-refractivity contribution in [2.75, 3.05) is 13.6 Å². The molecule has 0 saturated heterocycles. The summed E-state index contributed by atoms with van der Waals surface area (Å²) in [5, 5.41) is 8.37. The number of carbonyl (C=O) groups is 1. The van der Waals surface area contributed by atoms with Gasteiger partial charge in [0.2, 0.25) is 0 Å². The van der Waals surface area contributed by atoms with E-state index < -0.39 is 0 Å². The summed E-state index contributed by atoms with van der Waals surface area (Å²) in [4.78, 5) is 13.3. The molecule has 1 aliphatic carbocycles. The average molecular weight is 194 g/mol. The van der Waals surface area contributed by atoms with Crippen LogP contribution < -0.4 is 0 Å². The van der Waals surface area contributed by atoms with Crippen molar-refractivity contribution < 1.29 is 4.79 Å². The van der Waals surface area contributed by atoms with Gasteiger partial charge in [0.25, 0.3) is 0 Å². The molecule has 3 nitrogen and oxygen atoms in total. The first-order valence-corrected chi connectivity index (χ1v) is 5.33. The molecule has 0 aromatic heterocycles. The summed E-state index contributed by atoms with van der Waals surface area (Å²) in [5.74, 6) is 0.0422. The maximum absolute atomic E-state index is 11.2. The zero-order chi connectivity index (χ0) is 10.4. The van der Waals surface area contributed by atoms with Gasteiger partial charge in [-0.3, -0.25) is 9.69 Å². The maximum atomic E-state index is 11.2. The Labute approximate surface area is 85.7 Å². The van der Waals surface area contributed by atoms with Gasteiger partial charge >= 0.3 is 0 Å². The minimum Gasteiger partial charge on any atom is -0.297 e. The molecule has 0 aliphatic heterocycles. The fourth-order valence-corrected chi connectivity index (χ4v) is 2.07. The number of nitrogens with zero attached hydrogens (tertiary/aromatic N) is 2. The lowest BCUT2D eigenvalue weighted by atomic mass is 9.94. The van der Waals surface area contributed by atoms with Crippen molar-refractivity contribution in [2.24, 2.45) is 0 Å². The third kappa shape index (κ3) is 3.47. The summed E-state index contributed by atoms with van der Waals surface area (Å²) in [6.07, 6.45) is 6.35. The van der Waals surface area contributed by atoms with Gasteiger partial charge in [0, 0.05) is 6.04 Å². The van der Waals surface area contributed by atoms with Crippen LogP contribution in [0.5, 0.6) is 0 Å². The van der Waals surface area contributed by atoms with Gasteiger partial charge < -0.3 is 0 Å². The lowest BCUT2D eigenvalue weighted by Crippen LogP contribution is -2.37. The van der Waals surface area contributed by atoms with Gasteiger partial charge in [-0.1, -0.05) is 19.3 Å². The number of nitriles is 1. The molecular weight excluding hydrogens is 176 g/mol. The van der Waals surface area contributed by atoms with E-state index in [1.165, 1.54) is 32.1 Å². The van der Waals surface area contributed by atoms with Crippen LogP contribution in [0.4, 0.5) is 0 Å². The van der Waals surface area contributed by atoms with Crippen molar-refractivity contribution in [3.63, 3.8) is 0 Å². The van der Waals surface area contributed by atoms with Crippen LogP contribution in [0, 0.1) is 11.3 Å². The van der Waals surface area contributed by atoms with E-state index in [9.17, 15) is 4.79 Å². The first-order valence-electron chi connectivity index (χ1n) is 5.33. The Morgan fingerprint density at radius 1 is 1.43 bits per heavy atom. The van der Waals surface area contributed by atoms with Gasteiger partial charge in [-0.2, -0.15) is 5.26 Å². The molecular formula is C11H18N2O. The van der Waals surface area contributed by atoms with Crippen molar-refractivity contribution in [3.8, 4) is 6.07 Å². The summed E-state index contributed by atoms with van der Waals surface area (Å²) in [6.45, 7) is 0.443. The van der Waals surface area contributed by atoms with Crippen LogP contribution in [-0.4, -0.2) is 30.3 Å². The third-order valence-corrected chi connectivity index (χ3v) is 2.90. The minimum atomic E-state index is 0.0422. The Balaban J connectivity index is 2.29. The molecule has 78 valence electrons. The zero-order valence-corrected chi connectivity index (χ0v) is 8.83. The molecule has 0 amide bonds. The summed E-state index contributed by atoms with van der Waals surface area (Å²) < 4.78 is 0. The van der Waals surface area contributed by atoms with Crippen LogP contribution in [0.1, 0.15) is 38.5 Å². The number of likely N-dealkylation sites (N-methyl/N-ethyl adjacent to an activating group) is 1. The smallest absolute Gasteiger partial charge is 0.160 e. The van der Waals surface area contributed by atoms with E-state index in [0.717, 1.165) is 0 Å². The third-order valence-electron chi connectivity index (χ3n) is 2.90. The first kappa shape index (κ1) is 11.2. The Kier molecular flexibility index (Phi) is 4.61. The van der Waals surface area contributed by atoms with Gasteiger partial charge in [-0.15, -0.1) is 0 Å². The molecule has 0 heterocycles. The maximum Gasteiger partial charge on any atom is 0.160 e. The largest absolute Gasteiger partial charge is 0.297 e. The van der Waals surface area contributed by atoms with Crippen molar-refractivity contribution >= 4 is 5.78 Å². The zero-order valence-electron chi connectivity index (χ0n) is 8.83. The number of hydrogen-bond donors (Lipinski definition) is 0. The van der Waals surface area contributed by atoms with Crippen LogP contribution in [0.15, 0.2) is 0 Å². The SMILES string of the molecule is CN(CC(=O)CC#N)C1CCCCC1. The van der Waals surface area contributed by atoms with Crippen LogP contribution in [0.25, 0.3) is 0 Å². The molecule has 0 aromatic carbocycles. The van der Waals surface area contributed by atoms with Gasteiger partial charge in [0.15, 0.2) is 5.78 Å². The van der Waals surface area contributed by atoms with E-state index in [0.29, 0.717) is 12.6 Å². The molecule has 0 atom stereocenters. The molecule has 14 heavy (non-hydrogen) atoms. The molecule has 0 N–H and O–H groups in total. The highest BCUT2D eigenvalue weighted by Crippen LogP contribution is 2.21. The second-order valence-electron chi connectivity index (χ2n) is 4.08. The molecule has 0 spiro atoms. The number of hydrogen-bond acceptors (Lipinski definition) is 3. The van der Waals surface area contributed by atoms with E-state index in [2.05, 4.69) is 4.90 Å². The highest BCUT2D eigenvalue weighted by atomic mass is 16.1. The Morgan fingerprint density at radius 3 is 2.64 bits per heavy atom. The summed E-state index contributed by atoms with van der Waals surface area (Å²) in [7, 11) is 1.99. The van der Waals surface area contributed by atoms with Crippen molar-refractivity contribution in [2.45, 2.75) is 44.6 Å². The summed E-state index contributed by atoms with van der Waals surface area (Å²) >= 11 is 0. The monoisotopic (exact) mass is 194 g/mol. The topological polar surface area (TPSA) is 44.1 Å². The van der Waals surface area contributed by atoms with Crippen molar-refractivity contribution in [1.29, 1.82) is 5.26 Å².